The van der Waals surface area contributed by atoms with E-state index < -0.39 is 0 Å². The first-order valence-corrected chi connectivity index (χ1v) is 7.80. The van der Waals surface area contributed by atoms with E-state index in [-0.39, 0.29) is 0 Å². The molecule has 0 amide bonds. The summed E-state index contributed by atoms with van der Waals surface area (Å²) in [6, 6.07) is 8.64. The second kappa shape index (κ2) is 6.33. The Morgan fingerprint density at radius 2 is 1.67 bits per heavy atom. The van der Waals surface area contributed by atoms with Crippen LogP contribution in [0.1, 0.15) is 39.1 Å². The Labute approximate surface area is 128 Å². The molecule has 2 aromatic rings. The van der Waals surface area contributed by atoms with Gasteiger partial charge in [-0.25, -0.2) is 4.98 Å². The molecule has 0 bridgehead atoms. The number of hydrogen-bond acceptors (Lipinski definition) is 2. The van der Waals surface area contributed by atoms with Crippen LogP contribution in [0.3, 0.4) is 0 Å². The Balaban J connectivity index is 2.30. The minimum Gasteiger partial charge on any atom is -0.383 e. The molecule has 0 unspecified atom stereocenters. The lowest BCUT2D eigenvalue weighted by Gasteiger charge is -2.10. The van der Waals surface area contributed by atoms with Crippen molar-refractivity contribution in [3.05, 3.63) is 35.7 Å². The van der Waals surface area contributed by atoms with Gasteiger partial charge in [0.05, 0.1) is 0 Å². The van der Waals surface area contributed by atoms with E-state index >= 15 is 0 Å². The van der Waals surface area contributed by atoms with Crippen molar-refractivity contribution in [3.8, 4) is 11.3 Å². The molecular weight excluding hydrogens is 258 g/mol. The van der Waals surface area contributed by atoms with Crippen LogP contribution in [0, 0.1) is 18.8 Å². The Morgan fingerprint density at radius 3 is 2.19 bits per heavy atom. The number of imidazole rings is 1. The second-order valence-electron chi connectivity index (χ2n) is 6.69. The number of rotatable bonds is 5. The van der Waals surface area contributed by atoms with Crippen molar-refractivity contribution in [2.75, 3.05) is 5.73 Å². The number of nitrogen functional groups attached to an aromatic ring is 1. The lowest BCUT2D eigenvalue weighted by molar-refractivity contribution is 0.518. The average molecular weight is 285 g/mol. The highest BCUT2D eigenvalue weighted by Crippen LogP contribution is 2.27. The maximum atomic E-state index is 6.30. The number of anilines is 1. The molecule has 0 saturated carbocycles. The molecule has 0 aliphatic carbocycles. The van der Waals surface area contributed by atoms with Gasteiger partial charge in [-0.1, -0.05) is 52.0 Å². The van der Waals surface area contributed by atoms with Crippen LogP contribution in [0.25, 0.3) is 11.3 Å². The van der Waals surface area contributed by atoms with Gasteiger partial charge in [0.25, 0.3) is 0 Å². The molecule has 3 nitrogen and oxygen atoms in total. The summed E-state index contributed by atoms with van der Waals surface area (Å²) in [5.41, 5.74) is 9.68. The summed E-state index contributed by atoms with van der Waals surface area (Å²) >= 11 is 0. The fraction of sp³-hybridized carbons (Fsp3) is 0.500. The van der Waals surface area contributed by atoms with Gasteiger partial charge in [-0.3, -0.25) is 0 Å². The summed E-state index contributed by atoms with van der Waals surface area (Å²) in [5, 5.41) is 0. The fourth-order valence-corrected chi connectivity index (χ4v) is 2.66. The van der Waals surface area contributed by atoms with Crippen LogP contribution >= 0.6 is 0 Å². The molecule has 3 heteroatoms. The Bertz CT molecular complexity index is 592. The van der Waals surface area contributed by atoms with Gasteiger partial charge in [-0.15, -0.1) is 0 Å². The third-order valence-corrected chi connectivity index (χ3v) is 3.62. The highest BCUT2D eigenvalue weighted by Gasteiger charge is 2.14. The number of aromatic nitrogens is 2. The molecule has 1 aromatic carbocycles. The maximum absolute atomic E-state index is 6.30. The van der Waals surface area contributed by atoms with E-state index in [0.717, 1.165) is 35.9 Å². The van der Waals surface area contributed by atoms with Crippen LogP contribution < -0.4 is 5.73 Å². The van der Waals surface area contributed by atoms with Crippen molar-refractivity contribution in [3.63, 3.8) is 0 Å². The summed E-state index contributed by atoms with van der Waals surface area (Å²) < 4.78 is 2.11. The highest BCUT2D eigenvalue weighted by atomic mass is 15.1. The van der Waals surface area contributed by atoms with Crippen molar-refractivity contribution in [1.82, 2.24) is 9.55 Å². The minimum absolute atomic E-state index is 0.557. The zero-order valence-electron chi connectivity index (χ0n) is 13.9. The predicted octanol–water partition coefficient (Wildman–Crippen LogP) is 4.30. The van der Waals surface area contributed by atoms with Gasteiger partial charge < -0.3 is 10.3 Å². The quantitative estimate of drug-likeness (QED) is 0.890. The van der Waals surface area contributed by atoms with E-state index in [1.807, 2.05) is 6.92 Å². The number of nitrogens with two attached hydrogens (primary N) is 1. The normalized spacial score (nSPS) is 11.6. The Hall–Kier alpha value is -1.77. The topological polar surface area (TPSA) is 43.8 Å². The van der Waals surface area contributed by atoms with Crippen LogP contribution in [-0.2, 0) is 13.0 Å². The molecule has 1 aromatic heterocycles. The zero-order valence-corrected chi connectivity index (χ0v) is 13.9. The van der Waals surface area contributed by atoms with Crippen molar-refractivity contribution in [2.24, 2.45) is 11.8 Å². The molecule has 21 heavy (non-hydrogen) atoms. The molecule has 2 N–H and O–H groups in total. The van der Waals surface area contributed by atoms with Crippen LogP contribution in [-0.4, -0.2) is 9.55 Å². The largest absolute Gasteiger partial charge is 0.383 e. The number of aryl methyl sites for hydroxylation is 1. The lowest BCUT2D eigenvalue weighted by atomic mass is 10.0. The van der Waals surface area contributed by atoms with Crippen molar-refractivity contribution >= 4 is 5.82 Å². The first-order chi connectivity index (χ1) is 9.88. The first kappa shape index (κ1) is 15.6. The first-order valence-electron chi connectivity index (χ1n) is 7.80. The van der Waals surface area contributed by atoms with Crippen molar-refractivity contribution < 1.29 is 0 Å². The van der Waals surface area contributed by atoms with Crippen molar-refractivity contribution in [2.45, 2.75) is 47.6 Å². The molecule has 0 aliphatic heterocycles. The van der Waals surface area contributed by atoms with Crippen LogP contribution in [0.2, 0.25) is 0 Å². The lowest BCUT2D eigenvalue weighted by Crippen LogP contribution is -2.09. The van der Waals surface area contributed by atoms with Gasteiger partial charge in [-0.2, -0.15) is 0 Å². The summed E-state index contributed by atoms with van der Waals surface area (Å²) in [7, 11) is 0. The molecule has 0 fully saturated rings. The summed E-state index contributed by atoms with van der Waals surface area (Å²) in [4.78, 5) is 4.66. The summed E-state index contributed by atoms with van der Waals surface area (Å²) in [6.45, 7) is 11.8. The fourth-order valence-electron chi connectivity index (χ4n) is 2.66. The molecule has 0 aliphatic rings. The minimum atomic E-state index is 0.557. The molecule has 0 atom stereocenters. The van der Waals surface area contributed by atoms with Gasteiger partial charge in [0, 0.05) is 12.1 Å². The van der Waals surface area contributed by atoms with E-state index in [4.69, 9.17) is 5.73 Å². The molecule has 0 saturated heterocycles. The third-order valence-electron chi connectivity index (χ3n) is 3.62. The van der Waals surface area contributed by atoms with Gasteiger partial charge in [0.15, 0.2) is 0 Å². The van der Waals surface area contributed by atoms with E-state index in [0.29, 0.717) is 11.8 Å². The molecule has 1 heterocycles. The van der Waals surface area contributed by atoms with Crippen LogP contribution in [0.5, 0.6) is 0 Å². The zero-order chi connectivity index (χ0) is 15.6. The van der Waals surface area contributed by atoms with Crippen molar-refractivity contribution in [1.29, 1.82) is 0 Å². The Morgan fingerprint density at radius 1 is 1.05 bits per heavy atom. The monoisotopic (exact) mass is 285 g/mol. The third kappa shape index (κ3) is 3.66. The van der Waals surface area contributed by atoms with E-state index in [1.165, 1.54) is 5.56 Å². The second-order valence-corrected chi connectivity index (χ2v) is 6.69. The molecule has 2 rings (SSSR count). The molecule has 0 spiro atoms. The summed E-state index contributed by atoms with van der Waals surface area (Å²) in [6.07, 6.45) is 1.11. The van der Waals surface area contributed by atoms with Gasteiger partial charge in [0.2, 0.25) is 0 Å². The Kier molecular flexibility index (Phi) is 4.71. The van der Waals surface area contributed by atoms with E-state index in [9.17, 15) is 0 Å². The number of nitrogens with zero attached hydrogens (tertiary/aromatic N) is 2. The molecular formula is C18H27N3. The van der Waals surface area contributed by atoms with E-state index in [1.54, 1.807) is 0 Å². The van der Waals surface area contributed by atoms with E-state index in [2.05, 4.69) is 61.5 Å². The smallest absolute Gasteiger partial charge is 0.131 e. The SMILES string of the molecule is Cc1nc(-c2ccc(CC(C)C)cc2)c(N)n1CC(C)C. The van der Waals surface area contributed by atoms with Gasteiger partial charge in [-0.05, 0) is 30.7 Å². The maximum Gasteiger partial charge on any atom is 0.131 e. The standard InChI is InChI=1S/C18H27N3/c1-12(2)10-15-6-8-16(9-7-15)17-18(19)21(11-13(3)4)14(5)20-17/h6-9,12-13H,10-11,19H2,1-5H3. The average Bonchev–Trinajstić information content (AvgIpc) is 2.67. The number of hydrogen-bond donors (Lipinski definition) is 1. The molecule has 0 radical (unpaired) electrons. The van der Waals surface area contributed by atoms with Crippen LogP contribution in [0.15, 0.2) is 24.3 Å². The highest BCUT2D eigenvalue weighted by molar-refractivity contribution is 5.71. The van der Waals surface area contributed by atoms with Crippen LogP contribution in [0.4, 0.5) is 5.82 Å². The molecule has 114 valence electrons. The van der Waals surface area contributed by atoms with Gasteiger partial charge in [0.1, 0.15) is 17.3 Å². The summed E-state index contributed by atoms with van der Waals surface area (Å²) in [5.74, 6) is 3.00. The predicted molar refractivity (Wildman–Crippen MR) is 90.2 cm³/mol. The number of benzene rings is 1. The van der Waals surface area contributed by atoms with Gasteiger partial charge >= 0.3 is 0 Å².